The Bertz CT molecular complexity index is 369. The van der Waals surface area contributed by atoms with E-state index in [1.807, 2.05) is 0 Å². The normalized spacial score (nSPS) is 25.2. The molecule has 0 spiro atoms. The first-order valence-corrected chi connectivity index (χ1v) is 6.35. The van der Waals surface area contributed by atoms with Gasteiger partial charge in [0.2, 0.25) is 0 Å². The summed E-state index contributed by atoms with van der Waals surface area (Å²) in [5, 5.41) is 0. The summed E-state index contributed by atoms with van der Waals surface area (Å²) in [6.07, 6.45) is 1.88. The van der Waals surface area contributed by atoms with Crippen LogP contribution in [0, 0.1) is 0 Å². The number of nitrogens with two attached hydrogens (primary N) is 1. The van der Waals surface area contributed by atoms with E-state index in [-0.39, 0.29) is 11.0 Å². The summed E-state index contributed by atoms with van der Waals surface area (Å²) in [5.74, 6) is 0. The summed E-state index contributed by atoms with van der Waals surface area (Å²) in [6, 6.07) is 8.84. The van der Waals surface area contributed by atoms with E-state index in [9.17, 15) is 0 Å². The second-order valence-corrected chi connectivity index (χ2v) is 6.29. The molecule has 0 amide bonds. The molecule has 94 valence electrons. The Morgan fingerprint density at radius 3 is 2.35 bits per heavy atom. The fourth-order valence-corrected chi connectivity index (χ4v) is 2.29. The van der Waals surface area contributed by atoms with Crippen LogP contribution in [0.2, 0.25) is 0 Å². The van der Waals surface area contributed by atoms with Gasteiger partial charge in [0.25, 0.3) is 0 Å². The van der Waals surface area contributed by atoms with Gasteiger partial charge in [-0.2, -0.15) is 0 Å². The third kappa shape index (κ3) is 3.08. The van der Waals surface area contributed by atoms with Crippen LogP contribution in [0.15, 0.2) is 24.3 Å². The van der Waals surface area contributed by atoms with Crippen LogP contribution < -0.4 is 5.73 Å². The van der Waals surface area contributed by atoms with Gasteiger partial charge in [0.05, 0.1) is 6.61 Å². The molecule has 2 rings (SSSR count). The average Bonchev–Trinajstić information content (AvgIpc) is 2.64. The molecule has 1 saturated heterocycles. The summed E-state index contributed by atoms with van der Waals surface area (Å²) >= 11 is 0. The maximum Gasteiger partial charge on any atom is 0.0650 e. The standard InChI is InChI=1S/C15H23NO/c1-14(2,3)13-6-4-12(5-7-13)10-15(16)8-9-17-11-15/h4-7H,8-11,16H2,1-3H3. The number of benzene rings is 1. The van der Waals surface area contributed by atoms with Gasteiger partial charge in [-0.1, -0.05) is 45.0 Å². The van der Waals surface area contributed by atoms with Crippen LogP contribution in [0.1, 0.15) is 38.3 Å². The van der Waals surface area contributed by atoms with Crippen molar-refractivity contribution < 1.29 is 4.74 Å². The highest BCUT2D eigenvalue weighted by molar-refractivity contribution is 5.28. The quantitative estimate of drug-likeness (QED) is 0.852. The molecular formula is C15H23NO. The first-order valence-electron chi connectivity index (χ1n) is 6.35. The lowest BCUT2D eigenvalue weighted by Gasteiger charge is -2.23. The van der Waals surface area contributed by atoms with Crippen LogP contribution in [0.3, 0.4) is 0 Å². The fourth-order valence-electron chi connectivity index (χ4n) is 2.29. The highest BCUT2D eigenvalue weighted by Gasteiger charge is 2.30. The third-order valence-electron chi connectivity index (χ3n) is 3.51. The van der Waals surface area contributed by atoms with Gasteiger partial charge in [-0.25, -0.2) is 0 Å². The van der Waals surface area contributed by atoms with Crippen LogP contribution in [0.5, 0.6) is 0 Å². The Hall–Kier alpha value is -0.860. The zero-order valence-corrected chi connectivity index (χ0v) is 11.1. The molecule has 1 aliphatic heterocycles. The summed E-state index contributed by atoms with van der Waals surface area (Å²) in [5.41, 5.74) is 9.04. The topological polar surface area (TPSA) is 35.2 Å². The van der Waals surface area contributed by atoms with Gasteiger partial charge in [-0.3, -0.25) is 0 Å². The molecule has 0 aliphatic carbocycles. The van der Waals surface area contributed by atoms with Crippen LogP contribution in [-0.4, -0.2) is 18.8 Å². The van der Waals surface area contributed by atoms with E-state index in [1.54, 1.807) is 0 Å². The Morgan fingerprint density at radius 2 is 1.88 bits per heavy atom. The van der Waals surface area contributed by atoms with E-state index < -0.39 is 0 Å². The van der Waals surface area contributed by atoms with Crippen molar-refractivity contribution in [1.29, 1.82) is 0 Å². The first kappa shape index (κ1) is 12.6. The summed E-state index contributed by atoms with van der Waals surface area (Å²) in [7, 11) is 0. The second-order valence-electron chi connectivity index (χ2n) is 6.29. The molecule has 0 radical (unpaired) electrons. The fraction of sp³-hybridized carbons (Fsp3) is 0.600. The van der Waals surface area contributed by atoms with E-state index >= 15 is 0 Å². The van der Waals surface area contributed by atoms with Crippen molar-refractivity contribution in [1.82, 2.24) is 0 Å². The van der Waals surface area contributed by atoms with Crippen molar-refractivity contribution in [3.63, 3.8) is 0 Å². The summed E-state index contributed by atoms with van der Waals surface area (Å²) in [6.45, 7) is 8.19. The second kappa shape index (κ2) is 4.43. The lowest BCUT2D eigenvalue weighted by molar-refractivity contribution is 0.178. The lowest BCUT2D eigenvalue weighted by Crippen LogP contribution is -2.42. The molecule has 1 aromatic carbocycles. The molecule has 1 aromatic rings. The maximum atomic E-state index is 6.29. The molecule has 2 N–H and O–H groups in total. The predicted molar refractivity (Wildman–Crippen MR) is 71.2 cm³/mol. The minimum atomic E-state index is -0.150. The number of hydrogen-bond donors (Lipinski definition) is 1. The van der Waals surface area contributed by atoms with Crippen molar-refractivity contribution in [3.05, 3.63) is 35.4 Å². The number of hydrogen-bond acceptors (Lipinski definition) is 2. The van der Waals surface area contributed by atoms with Crippen molar-refractivity contribution in [2.75, 3.05) is 13.2 Å². The van der Waals surface area contributed by atoms with Gasteiger partial charge in [-0.05, 0) is 29.4 Å². The van der Waals surface area contributed by atoms with Gasteiger partial charge in [0.1, 0.15) is 0 Å². The van der Waals surface area contributed by atoms with Crippen molar-refractivity contribution in [2.45, 2.75) is 44.6 Å². The van der Waals surface area contributed by atoms with Crippen molar-refractivity contribution in [3.8, 4) is 0 Å². The molecule has 0 aromatic heterocycles. The molecule has 1 fully saturated rings. The van der Waals surface area contributed by atoms with E-state index in [0.29, 0.717) is 6.61 Å². The molecule has 1 aliphatic rings. The Kier molecular flexibility index (Phi) is 3.28. The van der Waals surface area contributed by atoms with Crippen molar-refractivity contribution in [2.24, 2.45) is 5.73 Å². The van der Waals surface area contributed by atoms with Crippen LogP contribution >= 0.6 is 0 Å². The van der Waals surface area contributed by atoms with Crippen LogP contribution in [0.25, 0.3) is 0 Å². The third-order valence-corrected chi connectivity index (χ3v) is 3.51. The maximum absolute atomic E-state index is 6.29. The molecule has 17 heavy (non-hydrogen) atoms. The van der Waals surface area contributed by atoms with Gasteiger partial charge in [0.15, 0.2) is 0 Å². The highest BCUT2D eigenvalue weighted by Crippen LogP contribution is 2.25. The molecule has 2 heteroatoms. The number of rotatable bonds is 2. The first-order chi connectivity index (χ1) is 7.89. The van der Waals surface area contributed by atoms with E-state index in [4.69, 9.17) is 10.5 Å². The Morgan fingerprint density at radius 1 is 1.24 bits per heavy atom. The predicted octanol–water partition coefficient (Wildman–Crippen LogP) is 2.64. The smallest absolute Gasteiger partial charge is 0.0650 e. The van der Waals surface area contributed by atoms with Gasteiger partial charge in [0, 0.05) is 12.1 Å². The van der Waals surface area contributed by atoms with Gasteiger partial charge >= 0.3 is 0 Å². The lowest BCUT2D eigenvalue weighted by atomic mass is 9.85. The largest absolute Gasteiger partial charge is 0.379 e. The molecular weight excluding hydrogens is 210 g/mol. The van der Waals surface area contributed by atoms with Crippen molar-refractivity contribution >= 4 is 0 Å². The van der Waals surface area contributed by atoms with Gasteiger partial charge in [-0.15, -0.1) is 0 Å². The summed E-state index contributed by atoms with van der Waals surface area (Å²) in [4.78, 5) is 0. The van der Waals surface area contributed by atoms with Gasteiger partial charge < -0.3 is 10.5 Å². The monoisotopic (exact) mass is 233 g/mol. The SMILES string of the molecule is CC(C)(C)c1ccc(CC2(N)CCOC2)cc1. The molecule has 0 bridgehead atoms. The number of ether oxygens (including phenoxy) is 1. The highest BCUT2D eigenvalue weighted by atomic mass is 16.5. The zero-order valence-electron chi connectivity index (χ0n) is 11.1. The Labute approximate surface area is 104 Å². The molecule has 1 heterocycles. The molecule has 1 unspecified atom stereocenters. The Balaban J connectivity index is 2.08. The van der Waals surface area contributed by atoms with Crippen LogP contribution in [0.4, 0.5) is 0 Å². The molecule has 1 atom stereocenters. The van der Waals surface area contributed by atoms with E-state index in [1.165, 1.54) is 11.1 Å². The average molecular weight is 233 g/mol. The molecule has 2 nitrogen and oxygen atoms in total. The summed E-state index contributed by atoms with van der Waals surface area (Å²) < 4.78 is 5.39. The van der Waals surface area contributed by atoms with E-state index in [0.717, 1.165) is 19.4 Å². The zero-order chi connectivity index (χ0) is 12.5. The molecule has 0 saturated carbocycles. The van der Waals surface area contributed by atoms with E-state index in [2.05, 4.69) is 45.0 Å². The minimum Gasteiger partial charge on any atom is -0.379 e. The van der Waals surface area contributed by atoms with Crippen LogP contribution in [-0.2, 0) is 16.6 Å². The minimum absolute atomic E-state index is 0.150.